The number of nitrogens with one attached hydrogen (secondary N) is 1. The van der Waals surface area contributed by atoms with E-state index in [2.05, 4.69) is 59.0 Å². The fourth-order valence-electron chi connectivity index (χ4n) is 3.65. The minimum absolute atomic E-state index is 0.167. The smallest absolute Gasteiger partial charge is 0.254 e. The number of amides is 1. The maximum atomic E-state index is 11.8. The molecule has 0 unspecified atom stereocenters. The molecule has 1 amide bonds. The number of aliphatic imine (C=N–C) groups is 2. The highest BCUT2D eigenvalue weighted by atomic mass is 127. The van der Waals surface area contributed by atoms with Gasteiger partial charge in [-0.2, -0.15) is 20.2 Å². The molecular weight excluding hydrogens is 549 g/mol. The van der Waals surface area contributed by atoms with E-state index in [0.29, 0.717) is 48.3 Å². The number of carbonyl (C=O) groups is 1. The third kappa shape index (κ3) is 6.52. The molecule has 12 heteroatoms. The van der Waals surface area contributed by atoms with Crippen molar-refractivity contribution in [1.29, 1.82) is 5.26 Å². The molecule has 1 aromatic heterocycles. The Kier molecular flexibility index (Phi) is 9.37. The van der Waals surface area contributed by atoms with E-state index in [1.807, 2.05) is 19.1 Å². The molecule has 178 valence electrons. The summed E-state index contributed by atoms with van der Waals surface area (Å²) in [5.74, 6) is 6.43. The number of piperidine rings is 1. The largest absolute Gasteiger partial charge is 0.387 e. The number of aliphatic hydroxyl groups is 1. The van der Waals surface area contributed by atoms with Crippen molar-refractivity contribution in [2.45, 2.75) is 23.7 Å². The summed E-state index contributed by atoms with van der Waals surface area (Å²) in [7, 11) is 0. The number of hydrogen-bond donors (Lipinski definition) is 3. The summed E-state index contributed by atoms with van der Waals surface area (Å²) < 4.78 is 0.235. The Morgan fingerprint density at radius 3 is 2.97 bits per heavy atom. The zero-order valence-electron chi connectivity index (χ0n) is 18.7. The molecule has 2 aromatic rings. The molecule has 4 N–H and O–H groups in total. The molecule has 2 atom stereocenters. The van der Waals surface area contributed by atoms with Crippen molar-refractivity contribution in [3.8, 4) is 17.5 Å². The van der Waals surface area contributed by atoms with Crippen molar-refractivity contribution in [2.24, 2.45) is 21.7 Å². The van der Waals surface area contributed by atoms with Crippen molar-refractivity contribution < 1.29 is 9.90 Å². The Hall–Kier alpha value is -3.02. The molecule has 0 aliphatic carbocycles. The Morgan fingerprint density at radius 2 is 2.29 bits per heavy atom. The lowest BCUT2D eigenvalue weighted by Gasteiger charge is -2.36. The Bertz CT molecular complexity index is 1120. The SMILES string of the molecule is CCN=CC(=Nc1ncnc(-c2ccc(C[C@H]3CCN(C(=O)CO)C[C@H]3I)c(C#N)c2)n1)NN. The van der Waals surface area contributed by atoms with Crippen molar-refractivity contribution >= 4 is 46.5 Å². The molecule has 2 heterocycles. The summed E-state index contributed by atoms with van der Waals surface area (Å²) in [6.07, 6.45) is 4.40. The first-order valence-corrected chi connectivity index (χ1v) is 12.0. The predicted molar refractivity (Wildman–Crippen MR) is 137 cm³/mol. The number of nitrogens with two attached hydrogens (primary N) is 1. The monoisotopic (exact) mass is 575 g/mol. The van der Waals surface area contributed by atoms with Gasteiger partial charge in [0.25, 0.3) is 5.95 Å². The maximum absolute atomic E-state index is 11.8. The fourth-order valence-corrected chi connectivity index (χ4v) is 4.74. The normalized spacial score (nSPS) is 18.7. The number of likely N-dealkylation sites (tertiary alicyclic amines) is 1. The van der Waals surface area contributed by atoms with Gasteiger partial charge >= 0.3 is 0 Å². The molecule has 3 rings (SSSR count). The maximum Gasteiger partial charge on any atom is 0.254 e. The topological polar surface area (TPSA) is 166 Å². The summed E-state index contributed by atoms with van der Waals surface area (Å²) in [5, 5.41) is 18.9. The second kappa shape index (κ2) is 12.4. The second-order valence-electron chi connectivity index (χ2n) is 7.63. The third-order valence-electron chi connectivity index (χ3n) is 5.46. The molecule has 1 aliphatic rings. The first-order chi connectivity index (χ1) is 16.5. The number of alkyl halides is 1. The fraction of sp³-hybridized carbons (Fsp3) is 0.409. The summed E-state index contributed by atoms with van der Waals surface area (Å²) in [6, 6.07) is 7.86. The minimum Gasteiger partial charge on any atom is -0.387 e. The van der Waals surface area contributed by atoms with Crippen LogP contribution in [0, 0.1) is 17.2 Å². The van der Waals surface area contributed by atoms with Crippen molar-refractivity contribution in [3.05, 3.63) is 35.7 Å². The molecule has 1 fully saturated rings. The van der Waals surface area contributed by atoms with E-state index in [1.165, 1.54) is 12.5 Å². The van der Waals surface area contributed by atoms with Crippen LogP contribution in [0.5, 0.6) is 0 Å². The number of nitriles is 1. The van der Waals surface area contributed by atoms with Crippen molar-refractivity contribution in [2.75, 3.05) is 26.2 Å². The third-order valence-corrected chi connectivity index (χ3v) is 6.87. The van der Waals surface area contributed by atoms with Crippen LogP contribution in [0.25, 0.3) is 11.4 Å². The van der Waals surface area contributed by atoms with Gasteiger partial charge in [0.05, 0.1) is 17.8 Å². The molecule has 0 saturated carbocycles. The Morgan fingerprint density at radius 1 is 1.47 bits per heavy atom. The molecule has 0 radical (unpaired) electrons. The van der Waals surface area contributed by atoms with Crippen molar-refractivity contribution in [3.63, 3.8) is 0 Å². The van der Waals surface area contributed by atoms with Crippen LogP contribution in [0.1, 0.15) is 24.5 Å². The Labute approximate surface area is 211 Å². The number of nitrogens with zero attached hydrogens (tertiary/aromatic N) is 7. The van der Waals surface area contributed by atoms with Crippen LogP contribution in [-0.2, 0) is 11.2 Å². The predicted octanol–water partition coefficient (Wildman–Crippen LogP) is 1.18. The lowest BCUT2D eigenvalue weighted by atomic mass is 9.88. The van der Waals surface area contributed by atoms with E-state index in [4.69, 9.17) is 10.9 Å². The zero-order valence-corrected chi connectivity index (χ0v) is 20.9. The van der Waals surface area contributed by atoms with E-state index in [0.717, 1.165) is 18.4 Å². The molecule has 1 aromatic carbocycles. The van der Waals surface area contributed by atoms with E-state index >= 15 is 0 Å². The van der Waals surface area contributed by atoms with E-state index < -0.39 is 6.61 Å². The number of rotatable bonds is 7. The second-order valence-corrected chi connectivity index (χ2v) is 9.23. The van der Waals surface area contributed by atoms with Gasteiger partial charge < -0.3 is 15.4 Å². The average Bonchev–Trinajstić information content (AvgIpc) is 2.87. The number of halogens is 1. The number of hydrazine groups is 1. The van der Waals surface area contributed by atoms with Gasteiger partial charge in [-0.3, -0.25) is 9.79 Å². The Balaban J connectivity index is 1.78. The van der Waals surface area contributed by atoms with E-state index in [-0.39, 0.29) is 15.8 Å². The van der Waals surface area contributed by atoms with Gasteiger partial charge in [0, 0.05) is 29.1 Å². The molecule has 11 nitrogen and oxygen atoms in total. The van der Waals surface area contributed by atoms with Gasteiger partial charge in [-0.1, -0.05) is 34.7 Å². The summed E-state index contributed by atoms with van der Waals surface area (Å²) in [4.78, 5) is 34.4. The summed E-state index contributed by atoms with van der Waals surface area (Å²) in [6.45, 7) is 3.23. The van der Waals surface area contributed by atoms with Gasteiger partial charge in [0.15, 0.2) is 11.7 Å². The highest BCUT2D eigenvalue weighted by molar-refractivity contribution is 14.1. The number of amidine groups is 1. The summed E-state index contributed by atoms with van der Waals surface area (Å²) in [5.41, 5.74) is 4.62. The van der Waals surface area contributed by atoms with Gasteiger partial charge in [-0.15, -0.1) is 0 Å². The van der Waals surface area contributed by atoms with Crippen LogP contribution in [0.15, 0.2) is 34.5 Å². The molecule has 0 bridgehead atoms. The van der Waals surface area contributed by atoms with E-state index in [1.54, 1.807) is 11.0 Å². The van der Waals surface area contributed by atoms with Crippen LogP contribution in [0.4, 0.5) is 5.95 Å². The lowest BCUT2D eigenvalue weighted by Crippen LogP contribution is -2.45. The van der Waals surface area contributed by atoms with Crippen LogP contribution < -0.4 is 11.3 Å². The lowest BCUT2D eigenvalue weighted by molar-refractivity contribution is -0.135. The van der Waals surface area contributed by atoms with Gasteiger partial charge in [-0.25, -0.2) is 10.8 Å². The van der Waals surface area contributed by atoms with Gasteiger partial charge in [0.1, 0.15) is 12.9 Å². The number of aromatic nitrogens is 3. The highest BCUT2D eigenvalue weighted by Gasteiger charge is 2.30. The van der Waals surface area contributed by atoms with Crippen LogP contribution in [-0.4, -0.2) is 73.1 Å². The van der Waals surface area contributed by atoms with Gasteiger partial charge in [0.2, 0.25) is 5.91 Å². The van der Waals surface area contributed by atoms with E-state index in [9.17, 15) is 10.1 Å². The number of carbonyl (C=O) groups excluding carboxylic acids is 1. The molecule has 1 saturated heterocycles. The molecule has 1 aliphatic heterocycles. The van der Waals surface area contributed by atoms with Gasteiger partial charge in [-0.05, 0) is 37.3 Å². The zero-order chi connectivity index (χ0) is 24.5. The standard InChI is InChI=1S/C22H26IN9O2/c1-2-26-10-19(31-25)29-22-28-13-27-21(30-22)16-4-3-14(17(8-16)9-24)7-15-5-6-32(11-18(15)23)20(34)12-33/h3-4,8,10,13,15,18,33H,2,5-7,11-12,25H2,1H3,(H,27,28,29,30,31)/t15-,18-/m1/s1. The van der Waals surface area contributed by atoms with Crippen molar-refractivity contribution in [1.82, 2.24) is 25.3 Å². The van der Waals surface area contributed by atoms with Crippen LogP contribution >= 0.6 is 22.6 Å². The quantitative estimate of drug-likeness (QED) is 0.111. The number of aliphatic hydroxyl groups excluding tert-OH is 1. The number of hydrogen-bond acceptors (Lipinski definition) is 9. The molecule has 0 spiro atoms. The summed E-state index contributed by atoms with van der Waals surface area (Å²) >= 11 is 2.35. The average molecular weight is 575 g/mol. The number of benzene rings is 1. The highest BCUT2D eigenvalue weighted by Crippen LogP contribution is 2.30. The first-order valence-electron chi connectivity index (χ1n) is 10.8. The molecule has 34 heavy (non-hydrogen) atoms. The molecular formula is C22H26IN9O2. The van der Waals surface area contributed by atoms with Crippen LogP contribution in [0.3, 0.4) is 0 Å². The minimum atomic E-state index is -0.464. The van der Waals surface area contributed by atoms with Crippen LogP contribution in [0.2, 0.25) is 0 Å². The first kappa shape index (κ1) is 25.6.